The quantitative estimate of drug-likeness (QED) is 0.117. The first-order chi connectivity index (χ1) is 30.3. The number of hydrogen-bond acceptors (Lipinski definition) is 6. The molecule has 0 aliphatic rings. The number of nitrogens with one attached hydrogen (secondary N) is 4. The summed E-state index contributed by atoms with van der Waals surface area (Å²) in [4.78, 5) is 53.1. The van der Waals surface area contributed by atoms with Crippen molar-refractivity contribution < 1.29 is 19.1 Å². The highest BCUT2D eigenvalue weighted by atomic mass is 35.5. The highest BCUT2D eigenvalue weighted by molar-refractivity contribution is 6.39. The van der Waals surface area contributed by atoms with Gasteiger partial charge < -0.3 is 25.3 Å². The summed E-state index contributed by atoms with van der Waals surface area (Å²) in [5.41, 5.74) is 8.90. The molecule has 0 saturated heterocycles. The van der Waals surface area contributed by atoms with Gasteiger partial charge in [-0.1, -0.05) is 112 Å². The molecule has 8 aromatic rings. The van der Waals surface area contributed by atoms with Gasteiger partial charge >= 0.3 is 5.97 Å². The van der Waals surface area contributed by atoms with Gasteiger partial charge in [0.15, 0.2) is 0 Å². The van der Waals surface area contributed by atoms with Crippen LogP contribution in [0.5, 0.6) is 0 Å². The fraction of sp³-hybridized carbons (Fsp3) is 0.180. The second-order valence-electron chi connectivity index (χ2n) is 17.1. The predicted octanol–water partition coefficient (Wildman–Crippen LogP) is 14.0. The minimum absolute atomic E-state index is 0.0358. The monoisotopic (exact) mass is 932 g/mol. The Morgan fingerprint density at radius 2 is 0.938 bits per heavy atom. The smallest absolute Gasteiger partial charge is 0.337 e. The van der Waals surface area contributed by atoms with Gasteiger partial charge in [-0.15, -0.1) is 0 Å². The second-order valence-corrected chi connectivity index (χ2v) is 18.7. The highest BCUT2D eigenvalue weighted by Crippen LogP contribution is 2.36. The van der Waals surface area contributed by atoms with Crippen LogP contribution in [0.3, 0.4) is 0 Å². The molecule has 8 rings (SSSR count). The molecule has 64 heavy (non-hydrogen) atoms. The lowest BCUT2D eigenvalue weighted by Crippen LogP contribution is -2.18. The van der Waals surface area contributed by atoms with Gasteiger partial charge in [0.05, 0.1) is 66.0 Å². The SMILES string of the molecule is CC(C)(C)c1cc(NC(=O)c2ccc3nc(-c4c(Cl)cccc4Cl)[nH]c3c2)cc(C(C)(C)C)c1.COC(=O)c1cccc(NC(=O)c2ccc3nc(-c4c(Cl)cccc4Cl)[nH]c3c2)c1. The number of nitrogens with zero attached hydrogens (tertiary/aromatic N) is 2. The van der Waals surface area contributed by atoms with Crippen LogP contribution in [0.4, 0.5) is 11.4 Å². The van der Waals surface area contributed by atoms with Crippen molar-refractivity contribution in [2.75, 3.05) is 17.7 Å². The number of rotatable bonds is 7. The van der Waals surface area contributed by atoms with E-state index in [0.717, 1.165) is 16.7 Å². The number of ether oxygens (including phenoxy) is 1. The van der Waals surface area contributed by atoms with Gasteiger partial charge in [0.2, 0.25) is 0 Å². The first-order valence-electron chi connectivity index (χ1n) is 20.1. The third-order valence-corrected chi connectivity index (χ3v) is 11.6. The third-order valence-electron chi connectivity index (χ3n) is 10.4. The number of halogens is 4. The molecule has 14 heteroatoms. The summed E-state index contributed by atoms with van der Waals surface area (Å²) >= 11 is 25.2. The largest absolute Gasteiger partial charge is 0.465 e. The summed E-state index contributed by atoms with van der Waals surface area (Å²) in [7, 11) is 1.30. The molecule has 326 valence electrons. The minimum Gasteiger partial charge on any atom is -0.465 e. The van der Waals surface area contributed by atoms with Crippen molar-refractivity contribution in [2.24, 2.45) is 0 Å². The average Bonchev–Trinajstić information content (AvgIpc) is 3.86. The van der Waals surface area contributed by atoms with E-state index in [-0.39, 0.29) is 22.6 Å². The average molecular weight is 935 g/mol. The number of imidazole rings is 2. The lowest BCUT2D eigenvalue weighted by atomic mass is 9.80. The molecule has 0 aliphatic carbocycles. The molecule has 0 atom stereocenters. The number of esters is 1. The van der Waals surface area contributed by atoms with Crippen molar-refractivity contribution in [1.29, 1.82) is 0 Å². The molecule has 4 N–H and O–H groups in total. The van der Waals surface area contributed by atoms with Crippen LogP contribution < -0.4 is 10.6 Å². The van der Waals surface area contributed by atoms with E-state index in [1.807, 2.05) is 6.07 Å². The van der Waals surface area contributed by atoms with E-state index < -0.39 is 5.97 Å². The number of carbonyl (C=O) groups is 3. The Morgan fingerprint density at radius 1 is 0.516 bits per heavy atom. The molecule has 0 spiro atoms. The van der Waals surface area contributed by atoms with Gasteiger partial charge in [-0.05, 0) is 113 Å². The van der Waals surface area contributed by atoms with Gasteiger partial charge in [-0.2, -0.15) is 0 Å². The van der Waals surface area contributed by atoms with E-state index in [9.17, 15) is 14.4 Å². The molecular weight excluding hydrogens is 890 g/mol. The number of fused-ring (bicyclic) bond motifs is 2. The predicted molar refractivity (Wildman–Crippen MR) is 261 cm³/mol. The molecule has 2 aromatic heterocycles. The van der Waals surface area contributed by atoms with E-state index >= 15 is 0 Å². The number of hydrogen-bond donors (Lipinski definition) is 4. The highest BCUT2D eigenvalue weighted by Gasteiger charge is 2.22. The van der Waals surface area contributed by atoms with Crippen LogP contribution in [0.25, 0.3) is 44.8 Å². The number of aromatic amines is 2. The number of carbonyl (C=O) groups excluding carboxylic acids is 3. The van der Waals surface area contributed by atoms with Gasteiger partial charge in [-0.25, -0.2) is 14.8 Å². The number of methoxy groups -OCH3 is 1. The molecule has 6 aromatic carbocycles. The molecule has 0 radical (unpaired) electrons. The van der Waals surface area contributed by atoms with Crippen molar-refractivity contribution in [3.8, 4) is 22.8 Å². The van der Waals surface area contributed by atoms with E-state index in [1.54, 1.807) is 91.0 Å². The zero-order chi connectivity index (χ0) is 46.1. The summed E-state index contributed by atoms with van der Waals surface area (Å²) in [6.07, 6.45) is 0. The van der Waals surface area contributed by atoms with E-state index in [0.29, 0.717) is 76.3 Å². The van der Waals surface area contributed by atoms with Crippen LogP contribution in [0, 0.1) is 0 Å². The minimum atomic E-state index is -0.476. The summed E-state index contributed by atoms with van der Waals surface area (Å²) in [6, 6.07) is 33.9. The van der Waals surface area contributed by atoms with Crippen molar-refractivity contribution in [3.63, 3.8) is 0 Å². The molecule has 2 heterocycles. The molecular formula is C50H44Cl4N6O4. The zero-order valence-electron chi connectivity index (χ0n) is 36.0. The lowest BCUT2D eigenvalue weighted by molar-refractivity contribution is 0.0600. The molecule has 2 amide bonds. The van der Waals surface area contributed by atoms with Crippen molar-refractivity contribution in [2.45, 2.75) is 52.4 Å². The first kappa shape index (κ1) is 45.8. The Labute approximate surface area is 390 Å². The van der Waals surface area contributed by atoms with Crippen LogP contribution >= 0.6 is 46.4 Å². The Balaban J connectivity index is 0.000000193. The second kappa shape index (κ2) is 18.5. The summed E-state index contributed by atoms with van der Waals surface area (Å²) in [5, 5.41) is 7.84. The summed E-state index contributed by atoms with van der Waals surface area (Å²) in [5.74, 6) is 0.0983. The van der Waals surface area contributed by atoms with Crippen LogP contribution in [-0.4, -0.2) is 44.8 Å². The topological polar surface area (TPSA) is 142 Å². The molecule has 0 unspecified atom stereocenters. The van der Waals surface area contributed by atoms with E-state index in [2.05, 4.69) is 90.3 Å². The summed E-state index contributed by atoms with van der Waals surface area (Å²) in [6.45, 7) is 13.1. The first-order valence-corrected chi connectivity index (χ1v) is 21.7. The Hall–Kier alpha value is -6.17. The normalized spacial score (nSPS) is 11.5. The molecule has 0 fully saturated rings. The van der Waals surface area contributed by atoms with Crippen LogP contribution in [0.2, 0.25) is 20.1 Å². The number of aromatic nitrogens is 4. The fourth-order valence-corrected chi connectivity index (χ4v) is 7.95. The Bertz CT molecular complexity index is 3020. The lowest BCUT2D eigenvalue weighted by Gasteiger charge is -2.26. The zero-order valence-corrected chi connectivity index (χ0v) is 39.0. The van der Waals surface area contributed by atoms with Gasteiger partial charge in [0.1, 0.15) is 11.6 Å². The Kier molecular flexibility index (Phi) is 13.3. The number of H-pyrrole nitrogens is 2. The van der Waals surface area contributed by atoms with Crippen molar-refractivity contribution >= 4 is 97.6 Å². The van der Waals surface area contributed by atoms with Crippen LogP contribution in [0.15, 0.2) is 115 Å². The molecule has 10 nitrogen and oxygen atoms in total. The maximum Gasteiger partial charge on any atom is 0.337 e. The fourth-order valence-electron chi connectivity index (χ4n) is 6.80. The third kappa shape index (κ3) is 10.3. The molecule has 0 saturated carbocycles. The number of amides is 2. The van der Waals surface area contributed by atoms with E-state index in [4.69, 9.17) is 51.1 Å². The van der Waals surface area contributed by atoms with Crippen LogP contribution in [-0.2, 0) is 15.6 Å². The number of benzene rings is 6. The van der Waals surface area contributed by atoms with Crippen molar-refractivity contribution in [3.05, 3.63) is 163 Å². The standard InChI is InChI=1S/C28H29Cl2N3O.C22H15Cl2N3O3/c1-27(2,3)17-13-18(28(4,5)6)15-19(14-17)31-26(34)16-10-11-22-23(12-16)33-25(32-22)24-20(29)8-7-9-21(24)30;1-30-22(29)13-4-2-5-14(10-13)25-21(28)12-8-9-17-18(11-12)27-20(26-17)19-15(23)6-3-7-16(19)24/h7-15H,1-6H3,(H,31,34)(H,32,33);2-11H,1H3,(H,25,28)(H,26,27). The number of anilines is 2. The van der Waals surface area contributed by atoms with Gasteiger partial charge in [-0.3, -0.25) is 9.59 Å². The van der Waals surface area contributed by atoms with E-state index in [1.165, 1.54) is 18.2 Å². The van der Waals surface area contributed by atoms with Crippen LogP contribution in [0.1, 0.15) is 83.7 Å². The molecule has 0 bridgehead atoms. The maximum absolute atomic E-state index is 13.2. The van der Waals surface area contributed by atoms with Gasteiger partial charge in [0, 0.05) is 22.5 Å². The summed E-state index contributed by atoms with van der Waals surface area (Å²) < 4.78 is 4.70. The van der Waals surface area contributed by atoms with Gasteiger partial charge in [0.25, 0.3) is 11.8 Å². The Morgan fingerprint density at radius 3 is 1.36 bits per heavy atom. The maximum atomic E-state index is 13.2. The van der Waals surface area contributed by atoms with Crippen molar-refractivity contribution in [1.82, 2.24) is 19.9 Å². The molecule has 0 aliphatic heterocycles.